The van der Waals surface area contributed by atoms with Crippen molar-refractivity contribution in [3.05, 3.63) is 21.9 Å². The predicted molar refractivity (Wildman–Crippen MR) is 73.6 cm³/mol. The van der Waals surface area contributed by atoms with Crippen molar-refractivity contribution in [1.82, 2.24) is 15.1 Å². The molecule has 2 fully saturated rings. The standard InChI is InChI=1S/C13H15N3O3S/c1-8-2-3-10(20-8)12(18)15-5-4-9(7-15)16-11(17)6-14-13(16)19/h2-3,9H,4-7H2,1H3,(H,14,19)/t9-/m1/s1. The lowest BCUT2D eigenvalue weighted by molar-refractivity contribution is -0.126. The summed E-state index contributed by atoms with van der Waals surface area (Å²) in [6.07, 6.45) is 0.648. The molecule has 2 aliphatic rings. The Morgan fingerprint density at radius 3 is 2.80 bits per heavy atom. The molecule has 1 aromatic rings. The van der Waals surface area contributed by atoms with Crippen molar-refractivity contribution in [3.8, 4) is 0 Å². The van der Waals surface area contributed by atoms with E-state index in [0.29, 0.717) is 24.4 Å². The van der Waals surface area contributed by atoms with Gasteiger partial charge in [0.25, 0.3) is 5.91 Å². The molecule has 4 amide bonds. The maximum Gasteiger partial charge on any atom is 0.324 e. The zero-order valence-electron chi connectivity index (χ0n) is 11.1. The molecule has 1 N–H and O–H groups in total. The summed E-state index contributed by atoms with van der Waals surface area (Å²) in [6, 6.07) is 3.20. The highest BCUT2D eigenvalue weighted by Gasteiger charge is 2.39. The highest BCUT2D eigenvalue weighted by Crippen LogP contribution is 2.23. The lowest BCUT2D eigenvalue weighted by Crippen LogP contribution is -2.42. The number of aryl methyl sites for hydroxylation is 1. The number of carbonyl (C=O) groups excluding carboxylic acids is 3. The van der Waals surface area contributed by atoms with E-state index in [-0.39, 0.29) is 30.4 Å². The Hall–Kier alpha value is -1.89. The number of imide groups is 1. The Morgan fingerprint density at radius 2 is 2.20 bits per heavy atom. The largest absolute Gasteiger partial charge is 0.336 e. The summed E-state index contributed by atoms with van der Waals surface area (Å²) in [5.41, 5.74) is 0. The van der Waals surface area contributed by atoms with Gasteiger partial charge in [-0.15, -0.1) is 11.3 Å². The van der Waals surface area contributed by atoms with Crippen LogP contribution in [-0.2, 0) is 4.79 Å². The van der Waals surface area contributed by atoms with Crippen LogP contribution in [0.4, 0.5) is 4.79 Å². The first kappa shape index (κ1) is 13.1. The van der Waals surface area contributed by atoms with Gasteiger partial charge in [-0.2, -0.15) is 0 Å². The van der Waals surface area contributed by atoms with Gasteiger partial charge < -0.3 is 10.2 Å². The first-order valence-electron chi connectivity index (χ1n) is 6.52. The number of carbonyl (C=O) groups is 3. The maximum absolute atomic E-state index is 12.3. The fraction of sp³-hybridized carbons (Fsp3) is 0.462. The summed E-state index contributed by atoms with van der Waals surface area (Å²) < 4.78 is 0. The number of amides is 4. The van der Waals surface area contributed by atoms with E-state index >= 15 is 0 Å². The molecule has 2 saturated heterocycles. The van der Waals surface area contributed by atoms with Gasteiger partial charge in [0.05, 0.1) is 17.5 Å². The van der Waals surface area contributed by atoms with Crippen LogP contribution in [0.1, 0.15) is 21.0 Å². The molecule has 7 heteroatoms. The van der Waals surface area contributed by atoms with E-state index in [0.717, 1.165) is 4.88 Å². The summed E-state index contributed by atoms with van der Waals surface area (Å²) in [5.74, 6) is -0.223. The van der Waals surface area contributed by atoms with Gasteiger partial charge in [0, 0.05) is 18.0 Å². The molecule has 106 valence electrons. The molecule has 0 aromatic carbocycles. The van der Waals surface area contributed by atoms with E-state index in [1.54, 1.807) is 4.90 Å². The Kier molecular flexibility index (Phi) is 3.21. The van der Waals surface area contributed by atoms with Gasteiger partial charge in [-0.1, -0.05) is 0 Å². The zero-order valence-corrected chi connectivity index (χ0v) is 11.9. The third-order valence-electron chi connectivity index (χ3n) is 3.65. The molecule has 0 saturated carbocycles. The maximum atomic E-state index is 12.3. The second-order valence-corrected chi connectivity index (χ2v) is 6.31. The number of urea groups is 1. The van der Waals surface area contributed by atoms with Gasteiger partial charge in [0.2, 0.25) is 5.91 Å². The summed E-state index contributed by atoms with van der Waals surface area (Å²) in [4.78, 5) is 40.4. The number of hydrogen-bond acceptors (Lipinski definition) is 4. The van der Waals surface area contributed by atoms with Gasteiger partial charge >= 0.3 is 6.03 Å². The molecule has 0 radical (unpaired) electrons. The molecule has 0 spiro atoms. The van der Waals surface area contributed by atoms with E-state index in [9.17, 15) is 14.4 Å². The van der Waals surface area contributed by atoms with E-state index in [2.05, 4.69) is 5.32 Å². The number of hydrogen-bond donors (Lipinski definition) is 1. The van der Waals surface area contributed by atoms with Crippen molar-refractivity contribution in [2.24, 2.45) is 0 Å². The van der Waals surface area contributed by atoms with Crippen LogP contribution in [0.15, 0.2) is 12.1 Å². The smallest absolute Gasteiger partial charge is 0.324 e. The lowest BCUT2D eigenvalue weighted by atomic mass is 10.2. The van der Waals surface area contributed by atoms with E-state index in [1.165, 1.54) is 16.2 Å². The van der Waals surface area contributed by atoms with Crippen LogP contribution >= 0.6 is 11.3 Å². The topological polar surface area (TPSA) is 69.7 Å². The molecule has 3 heterocycles. The zero-order chi connectivity index (χ0) is 14.3. The number of likely N-dealkylation sites (tertiary alicyclic amines) is 1. The van der Waals surface area contributed by atoms with Crippen molar-refractivity contribution < 1.29 is 14.4 Å². The van der Waals surface area contributed by atoms with Crippen LogP contribution in [0.5, 0.6) is 0 Å². The van der Waals surface area contributed by atoms with Gasteiger partial charge in [-0.3, -0.25) is 14.5 Å². The van der Waals surface area contributed by atoms with Crippen molar-refractivity contribution >= 4 is 29.2 Å². The van der Waals surface area contributed by atoms with Crippen LogP contribution in [0.3, 0.4) is 0 Å². The lowest BCUT2D eigenvalue weighted by Gasteiger charge is -2.21. The van der Waals surface area contributed by atoms with Gasteiger partial charge in [0.15, 0.2) is 0 Å². The van der Waals surface area contributed by atoms with Crippen molar-refractivity contribution in [2.75, 3.05) is 19.6 Å². The second kappa shape index (κ2) is 4.90. The Morgan fingerprint density at radius 1 is 1.40 bits per heavy atom. The summed E-state index contributed by atoms with van der Waals surface area (Å²) in [5, 5.41) is 2.51. The number of thiophene rings is 1. The van der Waals surface area contributed by atoms with Crippen LogP contribution in [0, 0.1) is 6.92 Å². The highest BCUT2D eigenvalue weighted by molar-refractivity contribution is 7.13. The van der Waals surface area contributed by atoms with Crippen molar-refractivity contribution in [2.45, 2.75) is 19.4 Å². The van der Waals surface area contributed by atoms with Gasteiger partial charge in [-0.05, 0) is 25.5 Å². The van der Waals surface area contributed by atoms with E-state index in [4.69, 9.17) is 0 Å². The minimum absolute atomic E-state index is 0.0161. The molecule has 2 aliphatic heterocycles. The summed E-state index contributed by atoms with van der Waals surface area (Å²) in [6.45, 7) is 3.03. The van der Waals surface area contributed by atoms with Gasteiger partial charge in [-0.25, -0.2) is 4.79 Å². The Balaban J connectivity index is 1.69. The molecule has 20 heavy (non-hydrogen) atoms. The highest BCUT2D eigenvalue weighted by atomic mass is 32.1. The predicted octanol–water partition coefficient (Wildman–Crippen LogP) is 0.823. The first-order valence-corrected chi connectivity index (χ1v) is 7.33. The van der Waals surface area contributed by atoms with Crippen LogP contribution in [-0.4, -0.2) is 53.3 Å². The average Bonchev–Trinajstić information content (AvgIpc) is 3.10. The summed E-state index contributed by atoms with van der Waals surface area (Å²) in [7, 11) is 0. The fourth-order valence-corrected chi connectivity index (χ4v) is 3.48. The molecule has 0 aliphatic carbocycles. The first-order chi connectivity index (χ1) is 9.56. The SMILES string of the molecule is Cc1ccc(C(=O)N2CC[C@@H](N3C(=O)CNC3=O)C2)s1. The average molecular weight is 293 g/mol. The second-order valence-electron chi connectivity index (χ2n) is 5.03. The molecule has 1 atom stereocenters. The Bertz CT molecular complexity index is 567. The summed E-state index contributed by atoms with van der Waals surface area (Å²) >= 11 is 1.47. The fourth-order valence-electron chi connectivity index (χ4n) is 2.65. The van der Waals surface area contributed by atoms with E-state index < -0.39 is 0 Å². The normalized spacial score (nSPS) is 22.6. The van der Waals surface area contributed by atoms with Crippen molar-refractivity contribution in [1.29, 1.82) is 0 Å². The van der Waals surface area contributed by atoms with Crippen LogP contribution in [0.25, 0.3) is 0 Å². The monoisotopic (exact) mass is 293 g/mol. The minimum Gasteiger partial charge on any atom is -0.336 e. The molecular weight excluding hydrogens is 278 g/mol. The van der Waals surface area contributed by atoms with Gasteiger partial charge in [0.1, 0.15) is 0 Å². The molecule has 3 rings (SSSR count). The molecule has 6 nitrogen and oxygen atoms in total. The molecule has 1 aromatic heterocycles. The quantitative estimate of drug-likeness (QED) is 0.821. The number of nitrogens with zero attached hydrogens (tertiary/aromatic N) is 2. The number of nitrogens with one attached hydrogen (secondary N) is 1. The molecule has 0 unspecified atom stereocenters. The Labute approximate surface area is 120 Å². The molecule has 0 bridgehead atoms. The molecular formula is C13H15N3O3S. The van der Waals surface area contributed by atoms with Crippen molar-refractivity contribution in [3.63, 3.8) is 0 Å². The van der Waals surface area contributed by atoms with Crippen LogP contribution < -0.4 is 5.32 Å². The van der Waals surface area contributed by atoms with Crippen LogP contribution in [0.2, 0.25) is 0 Å². The van der Waals surface area contributed by atoms with E-state index in [1.807, 2.05) is 19.1 Å². The third kappa shape index (κ3) is 2.18. The minimum atomic E-state index is -0.346. The third-order valence-corrected chi connectivity index (χ3v) is 4.63. The number of rotatable bonds is 2.